The van der Waals surface area contributed by atoms with Crippen molar-refractivity contribution in [1.82, 2.24) is 5.32 Å². The van der Waals surface area contributed by atoms with Crippen LogP contribution in [0.3, 0.4) is 0 Å². The molecule has 1 aromatic carbocycles. The molecule has 3 rings (SSSR count). The van der Waals surface area contributed by atoms with E-state index in [0.29, 0.717) is 12.6 Å². The summed E-state index contributed by atoms with van der Waals surface area (Å²) in [6.07, 6.45) is 6.02. The van der Waals surface area contributed by atoms with Gasteiger partial charge in [-0.1, -0.05) is 31.4 Å². The van der Waals surface area contributed by atoms with E-state index >= 15 is 0 Å². The Hall–Kier alpha value is -1.92. The number of nitrogens with one attached hydrogen (secondary N) is 4. The molecule has 160 valence electrons. The molecule has 1 aliphatic carbocycles. The molecule has 1 atom stereocenters. The second kappa shape index (κ2) is 10.2. The largest absolute Gasteiger partial charge is 0.348 e. The first-order chi connectivity index (χ1) is 13.9. The van der Waals surface area contributed by atoms with Gasteiger partial charge in [0.15, 0.2) is 12.6 Å². The zero-order valence-corrected chi connectivity index (χ0v) is 18.3. The highest BCUT2D eigenvalue weighted by Gasteiger charge is 2.32. The topological polar surface area (TPSA) is 67.1 Å². The Labute approximate surface area is 175 Å². The van der Waals surface area contributed by atoms with Gasteiger partial charge in [-0.2, -0.15) is 0 Å². The Morgan fingerprint density at radius 3 is 2.45 bits per heavy atom. The van der Waals surface area contributed by atoms with E-state index in [2.05, 4.69) is 23.6 Å². The Bertz CT molecular complexity index is 707. The van der Waals surface area contributed by atoms with Gasteiger partial charge >= 0.3 is 0 Å². The fraction of sp³-hybridized carbons (Fsp3) is 0.652. The first-order valence-electron chi connectivity index (χ1n) is 11.3. The third kappa shape index (κ3) is 6.03. The lowest BCUT2D eigenvalue weighted by Gasteiger charge is -2.33. The molecule has 0 unspecified atom stereocenters. The maximum atomic E-state index is 12.6. The lowest BCUT2D eigenvalue weighted by Crippen LogP contribution is -3.30. The van der Waals surface area contributed by atoms with E-state index < -0.39 is 0 Å². The van der Waals surface area contributed by atoms with E-state index in [1.54, 1.807) is 0 Å². The highest BCUT2D eigenvalue weighted by Crippen LogP contribution is 2.18. The molecule has 1 heterocycles. The number of piperazine rings is 1. The molecule has 2 fully saturated rings. The molecule has 4 N–H and O–H groups in total. The van der Waals surface area contributed by atoms with Gasteiger partial charge in [-0.3, -0.25) is 9.59 Å². The number of carbonyl (C=O) groups excluding carboxylic acids is 2. The summed E-state index contributed by atoms with van der Waals surface area (Å²) in [5.74, 6) is 0.267. The molecule has 6 nitrogen and oxygen atoms in total. The molecular formula is C23H38N4O2+2. The third-order valence-corrected chi connectivity index (χ3v) is 6.85. The third-order valence-electron chi connectivity index (χ3n) is 6.85. The van der Waals surface area contributed by atoms with Crippen LogP contribution in [-0.4, -0.2) is 56.6 Å². The number of rotatable bonds is 6. The van der Waals surface area contributed by atoms with Crippen molar-refractivity contribution in [3.8, 4) is 0 Å². The van der Waals surface area contributed by atoms with Crippen molar-refractivity contribution in [2.45, 2.75) is 65.0 Å². The maximum Gasteiger partial charge on any atom is 0.279 e. The Kier molecular flexibility index (Phi) is 7.67. The second-order valence-corrected chi connectivity index (χ2v) is 8.95. The second-order valence-electron chi connectivity index (χ2n) is 8.95. The van der Waals surface area contributed by atoms with Gasteiger partial charge in [0.2, 0.25) is 0 Å². The number of benzene rings is 1. The number of quaternary nitrogens is 2. The summed E-state index contributed by atoms with van der Waals surface area (Å²) in [5.41, 5.74) is 3.22. The Morgan fingerprint density at radius 1 is 1.07 bits per heavy atom. The van der Waals surface area contributed by atoms with Crippen molar-refractivity contribution >= 4 is 17.5 Å². The lowest BCUT2D eigenvalue weighted by atomic mass is 9.95. The maximum absolute atomic E-state index is 12.6. The van der Waals surface area contributed by atoms with E-state index in [4.69, 9.17) is 0 Å². The molecule has 1 saturated heterocycles. The van der Waals surface area contributed by atoms with E-state index in [0.717, 1.165) is 50.3 Å². The predicted octanol–water partition coefficient (Wildman–Crippen LogP) is -0.137. The van der Waals surface area contributed by atoms with Crippen LogP contribution in [0.25, 0.3) is 0 Å². The van der Waals surface area contributed by atoms with Crippen LogP contribution in [0.15, 0.2) is 18.2 Å². The number of aryl methyl sites for hydroxylation is 1. The van der Waals surface area contributed by atoms with Crippen molar-refractivity contribution < 1.29 is 19.4 Å². The summed E-state index contributed by atoms with van der Waals surface area (Å²) in [6, 6.07) is 6.36. The average Bonchev–Trinajstić information content (AvgIpc) is 2.72. The Balaban J connectivity index is 1.41. The van der Waals surface area contributed by atoms with Crippen molar-refractivity contribution in [3.63, 3.8) is 0 Å². The molecule has 2 amide bonds. The van der Waals surface area contributed by atoms with Crippen molar-refractivity contribution in [1.29, 1.82) is 0 Å². The van der Waals surface area contributed by atoms with Crippen LogP contribution < -0.4 is 20.4 Å². The van der Waals surface area contributed by atoms with Crippen molar-refractivity contribution in [3.05, 3.63) is 29.3 Å². The van der Waals surface area contributed by atoms with Crippen LogP contribution in [0.4, 0.5) is 5.69 Å². The lowest BCUT2D eigenvalue weighted by molar-refractivity contribution is -1.01. The van der Waals surface area contributed by atoms with Gasteiger partial charge in [0.1, 0.15) is 26.2 Å². The van der Waals surface area contributed by atoms with Crippen LogP contribution in [0, 0.1) is 13.8 Å². The summed E-state index contributed by atoms with van der Waals surface area (Å²) >= 11 is 0. The average molecular weight is 403 g/mol. The quantitative estimate of drug-likeness (QED) is 0.535. The number of carbonyl (C=O) groups is 2. The van der Waals surface area contributed by atoms with Crippen LogP contribution in [0.5, 0.6) is 0 Å². The van der Waals surface area contributed by atoms with Gasteiger partial charge in [-0.25, -0.2) is 0 Å². The minimum Gasteiger partial charge on any atom is -0.348 e. The van der Waals surface area contributed by atoms with Gasteiger partial charge in [0.05, 0.1) is 0 Å². The molecule has 1 aliphatic heterocycles. The smallest absolute Gasteiger partial charge is 0.279 e. The summed E-state index contributed by atoms with van der Waals surface area (Å²) in [6.45, 7) is 10.4. The minimum absolute atomic E-state index is 0.0118. The van der Waals surface area contributed by atoms with Crippen LogP contribution in [0.1, 0.15) is 50.2 Å². The standard InChI is InChI=1S/C23H36N4O2/c1-17-8-7-11-21(18(17)2)25-22(28)16-26-12-14-27(15-13-26)19(3)23(29)24-20-9-5-4-6-10-20/h7-8,11,19-20H,4-6,9-10,12-16H2,1-3H3,(H,24,29)(H,25,28)/p+2/t19-/m0/s1. The zero-order chi connectivity index (χ0) is 20.8. The molecule has 29 heavy (non-hydrogen) atoms. The fourth-order valence-corrected chi connectivity index (χ4v) is 4.60. The molecule has 1 aromatic rings. The molecule has 0 aromatic heterocycles. The van der Waals surface area contributed by atoms with Crippen LogP contribution in [-0.2, 0) is 9.59 Å². The Morgan fingerprint density at radius 2 is 1.76 bits per heavy atom. The molecule has 0 spiro atoms. The molecule has 0 bridgehead atoms. The molecule has 0 radical (unpaired) electrons. The van der Waals surface area contributed by atoms with Gasteiger partial charge in [0, 0.05) is 11.7 Å². The summed E-state index contributed by atoms with van der Waals surface area (Å²) in [7, 11) is 0. The summed E-state index contributed by atoms with van der Waals surface area (Å²) < 4.78 is 0. The SMILES string of the molecule is Cc1cccc(NC(=O)C[NH+]2CC[NH+]([C@@H](C)C(=O)NC3CCCCC3)CC2)c1C. The first kappa shape index (κ1) is 21.8. The van der Waals surface area contributed by atoms with E-state index in [-0.39, 0.29) is 17.9 Å². The number of hydrogen-bond acceptors (Lipinski definition) is 2. The van der Waals surface area contributed by atoms with Gasteiger partial charge in [-0.15, -0.1) is 0 Å². The highest BCUT2D eigenvalue weighted by atomic mass is 16.2. The van der Waals surface area contributed by atoms with E-state index in [9.17, 15) is 9.59 Å². The molecule has 1 saturated carbocycles. The van der Waals surface area contributed by atoms with Crippen LogP contribution in [0.2, 0.25) is 0 Å². The van der Waals surface area contributed by atoms with Crippen molar-refractivity contribution in [2.75, 3.05) is 38.0 Å². The highest BCUT2D eigenvalue weighted by molar-refractivity contribution is 5.92. The van der Waals surface area contributed by atoms with E-state index in [1.807, 2.05) is 26.0 Å². The summed E-state index contributed by atoms with van der Waals surface area (Å²) in [5, 5.41) is 6.33. The predicted molar refractivity (Wildman–Crippen MR) is 115 cm³/mol. The number of amides is 2. The zero-order valence-electron chi connectivity index (χ0n) is 18.3. The molecule has 6 heteroatoms. The van der Waals surface area contributed by atoms with Crippen molar-refractivity contribution in [2.24, 2.45) is 0 Å². The van der Waals surface area contributed by atoms with Gasteiger partial charge in [0.25, 0.3) is 11.8 Å². The van der Waals surface area contributed by atoms with Gasteiger partial charge < -0.3 is 20.4 Å². The number of hydrogen-bond donors (Lipinski definition) is 4. The normalized spacial score (nSPS) is 24.0. The monoisotopic (exact) mass is 402 g/mol. The first-order valence-corrected chi connectivity index (χ1v) is 11.3. The fourth-order valence-electron chi connectivity index (χ4n) is 4.60. The molecule has 2 aliphatic rings. The number of anilines is 1. The summed E-state index contributed by atoms with van der Waals surface area (Å²) in [4.78, 5) is 27.8. The van der Waals surface area contributed by atoms with Gasteiger partial charge in [-0.05, 0) is 50.8 Å². The van der Waals surface area contributed by atoms with Crippen LogP contribution >= 0.6 is 0 Å². The molecular weight excluding hydrogens is 364 g/mol. The minimum atomic E-state index is -0.0118. The van der Waals surface area contributed by atoms with E-state index in [1.165, 1.54) is 34.6 Å².